The zero-order chi connectivity index (χ0) is 14.3. The Kier molecular flexibility index (Phi) is 6.67. The van der Waals surface area contributed by atoms with Crippen LogP contribution < -0.4 is 11.3 Å². The van der Waals surface area contributed by atoms with Crippen molar-refractivity contribution in [2.45, 2.75) is 37.3 Å². The number of hydrogen-bond acceptors (Lipinski definition) is 6. The second-order valence-corrected chi connectivity index (χ2v) is 5.75. The minimum atomic E-state index is -0.0606. The first-order valence-corrected chi connectivity index (χ1v) is 7.54. The topological polar surface area (TPSA) is 75.0 Å². The molecule has 0 aromatic heterocycles. The molecular formula is C14H28N2O4. The number of nitrogens with one attached hydrogen (secondary N) is 1. The van der Waals surface area contributed by atoms with Gasteiger partial charge >= 0.3 is 0 Å². The number of hydrazine groups is 1. The van der Waals surface area contributed by atoms with Crippen molar-refractivity contribution in [3.63, 3.8) is 0 Å². The molecule has 3 unspecified atom stereocenters. The van der Waals surface area contributed by atoms with Gasteiger partial charge in [-0.25, -0.2) is 0 Å². The van der Waals surface area contributed by atoms with E-state index in [4.69, 9.17) is 24.8 Å². The molecule has 0 aromatic rings. The molecule has 6 heteroatoms. The standard InChI is InChI=1S/C14H28N2O4/c1-17-8-9-18-5-3-13(16-15)12-2-6-20-14(10-12)4-7-19-11-14/h12-13,16H,2-11,15H2,1H3. The van der Waals surface area contributed by atoms with Gasteiger partial charge in [-0.15, -0.1) is 0 Å². The molecule has 2 heterocycles. The number of rotatable bonds is 8. The van der Waals surface area contributed by atoms with Crippen molar-refractivity contribution in [3.05, 3.63) is 0 Å². The van der Waals surface area contributed by atoms with E-state index in [-0.39, 0.29) is 11.6 Å². The maximum Gasteiger partial charge on any atom is 0.0939 e. The number of nitrogens with two attached hydrogens (primary N) is 1. The summed E-state index contributed by atoms with van der Waals surface area (Å²) < 4.78 is 22.0. The monoisotopic (exact) mass is 288 g/mol. The van der Waals surface area contributed by atoms with Gasteiger partial charge in [0.2, 0.25) is 0 Å². The van der Waals surface area contributed by atoms with Gasteiger partial charge in [0.15, 0.2) is 0 Å². The van der Waals surface area contributed by atoms with Crippen LogP contribution in [0.25, 0.3) is 0 Å². The Morgan fingerprint density at radius 3 is 2.95 bits per heavy atom. The molecular weight excluding hydrogens is 260 g/mol. The zero-order valence-electron chi connectivity index (χ0n) is 12.4. The molecule has 0 aliphatic carbocycles. The van der Waals surface area contributed by atoms with Crippen LogP contribution in [-0.4, -0.2) is 58.4 Å². The predicted molar refractivity (Wildman–Crippen MR) is 75.3 cm³/mol. The van der Waals surface area contributed by atoms with E-state index in [1.807, 2.05) is 0 Å². The fraction of sp³-hybridized carbons (Fsp3) is 1.00. The van der Waals surface area contributed by atoms with E-state index in [2.05, 4.69) is 5.43 Å². The van der Waals surface area contributed by atoms with Crippen LogP contribution in [0.5, 0.6) is 0 Å². The highest BCUT2D eigenvalue weighted by Crippen LogP contribution is 2.37. The molecule has 6 nitrogen and oxygen atoms in total. The lowest BCUT2D eigenvalue weighted by atomic mass is 9.80. The van der Waals surface area contributed by atoms with Crippen molar-refractivity contribution in [2.75, 3.05) is 46.8 Å². The lowest BCUT2D eigenvalue weighted by Gasteiger charge is -2.40. The van der Waals surface area contributed by atoms with Crippen molar-refractivity contribution < 1.29 is 18.9 Å². The summed E-state index contributed by atoms with van der Waals surface area (Å²) in [5, 5.41) is 0. The van der Waals surface area contributed by atoms with E-state index in [1.54, 1.807) is 7.11 Å². The molecule has 20 heavy (non-hydrogen) atoms. The molecule has 0 bridgehead atoms. The number of hydrogen-bond donors (Lipinski definition) is 2. The largest absolute Gasteiger partial charge is 0.382 e. The van der Waals surface area contributed by atoms with Gasteiger partial charge in [-0.2, -0.15) is 0 Å². The third-order valence-corrected chi connectivity index (χ3v) is 4.39. The Morgan fingerprint density at radius 2 is 2.25 bits per heavy atom. The molecule has 0 aromatic carbocycles. The summed E-state index contributed by atoms with van der Waals surface area (Å²) in [5.41, 5.74) is 2.90. The van der Waals surface area contributed by atoms with Crippen LogP contribution in [0.2, 0.25) is 0 Å². The first-order valence-electron chi connectivity index (χ1n) is 7.54. The zero-order valence-corrected chi connectivity index (χ0v) is 12.4. The van der Waals surface area contributed by atoms with Crippen molar-refractivity contribution in [3.8, 4) is 0 Å². The Labute approximate surface area is 121 Å². The highest BCUT2D eigenvalue weighted by molar-refractivity contribution is 4.93. The summed E-state index contributed by atoms with van der Waals surface area (Å²) in [4.78, 5) is 0. The van der Waals surface area contributed by atoms with Crippen molar-refractivity contribution in [1.29, 1.82) is 0 Å². The lowest BCUT2D eigenvalue weighted by Crippen LogP contribution is -2.49. The van der Waals surface area contributed by atoms with Gasteiger partial charge in [0.25, 0.3) is 0 Å². The summed E-state index contributed by atoms with van der Waals surface area (Å²) in [6.45, 7) is 4.33. The maximum absolute atomic E-state index is 5.97. The quantitative estimate of drug-likeness (QED) is 0.384. The Hall–Kier alpha value is -0.240. The van der Waals surface area contributed by atoms with Gasteiger partial charge in [-0.05, 0) is 25.2 Å². The molecule has 2 aliphatic rings. The van der Waals surface area contributed by atoms with E-state index < -0.39 is 0 Å². The van der Waals surface area contributed by atoms with E-state index >= 15 is 0 Å². The fourth-order valence-electron chi connectivity index (χ4n) is 3.18. The Morgan fingerprint density at radius 1 is 1.35 bits per heavy atom. The normalized spacial score (nSPS) is 31.8. The van der Waals surface area contributed by atoms with Crippen LogP contribution >= 0.6 is 0 Å². The van der Waals surface area contributed by atoms with Crippen LogP contribution in [0, 0.1) is 5.92 Å². The summed E-state index contributed by atoms with van der Waals surface area (Å²) in [6.07, 6.45) is 4.00. The van der Waals surface area contributed by atoms with Crippen LogP contribution in [0.3, 0.4) is 0 Å². The molecule has 0 radical (unpaired) electrons. The van der Waals surface area contributed by atoms with E-state index in [0.29, 0.717) is 25.7 Å². The second kappa shape index (κ2) is 8.26. The van der Waals surface area contributed by atoms with E-state index in [9.17, 15) is 0 Å². The van der Waals surface area contributed by atoms with Gasteiger partial charge in [-0.1, -0.05) is 0 Å². The molecule has 2 rings (SSSR count). The SMILES string of the molecule is COCCOCCC(NN)C1CCOC2(CCOC2)C1. The minimum absolute atomic E-state index is 0.0606. The van der Waals surface area contributed by atoms with Gasteiger partial charge in [0, 0.05) is 39.4 Å². The highest BCUT2D eigenvalue weighted by atomic mass is 16.6. The van der Waals surface area contributed by atoms with E-state index in [0.717, 1.165) is 45.5 Å². The second-order valence-electron chi connectivity index (χ2n) is 5.75. The first-order chi connectivity index (χ1) is 9.79. The van der Waals surface area contributed by atoms with Crippen molar-refractivity contribution >= 4 is 0 Å². The first kappa shape index (κ1) is 16.1. The fourth-order valence-corrected chi connectivity index (χ4v) is 3.18. The average Bonchev–Trinajstić information content (AvgIpc) is 2.91. The Bertz CT molecular complexity index is 272. The molecule has 3 atom stereocenters. The maximum atomic E-state index is 5.97. The van der Waals surface area contributed by atoms with Crippen molar-refractivity contribution in [1.82, 2.24) is 5.43 Å². The van der Waals surface area contributed by atoms with Crippen molar-refractivity contribution in [2.24, 2.45) is 11.8 Å². The van der Waals surface area contributed by atoms with Gasteiger partial charge < -0.3 is 18.9 Å². The summed E-state index contributed by atoms with van der Waals surface area (Å²) in [7, 11) is 1.68. The summed E-state index contributed by atoms with van der Waals surface area (Å²) in [6, 6.07) is 0.277. The molecule has 2 saturated heterocycles. The molecule has 0 saturated carbocycles. The predicted octanol–water partition coefficient (Wildman–Crippen LogP) is 0.457. The van der Waals surface area contributed by atoms with Gasteiger partial charge in [0.05, 0.1) is 25.4 Å². The summed E-state index contributed by atoms with van der Waals surface area (Å²) in [5.74, 6) is 6.26. The molecule has 1 spiro atoms. The van der Waals surface area contributed by atoms with Gasteiger partial charge in [-0.3, -0.25) is 11.3 Å². The van der Waals surface area contributed by atoms with E-state index in [1.165, 1.54) is 0 Å². The summed E-state index contributed by atoms with van der Waals surface area (Å²) >= 11 is 0. The highest BCUT2D eigenvalue weighted by Gasteiger charge is 2.42. The average molecular weight is 288 g/mol. The molecule has 118 valence electrons. The van der Waals surface area contributed by atoms with Crippen LogP contribution in [0.4, 0.5) is 0 Å². The van der Waals surface area contributed by atoms with Crippen LogP contribution in [0.15, 0.2) is 0 Å². The van der Waals surface area contributed by atoms with Gasteiger partial charge in [0.1, 0.15) is 0 Å². The lowest BCUT2D eigenvalue weighted by molar-refractivity contribution is -0.104. The smallest absolute Gasteiger partial charge is 0.0939 e. The molecule has 2 fully saturated rings. The third kappa shape index (κ3) is 4.38. The minimum Gasteiger partial charge on any atom is -0.382 e. The Balaban J connectivity index is 1.75. The third-order valence-electron chi connectivity index (χ3n) is 4.39. The molecule has 0 amide bonds. The molecule has 3 N–H and O–H groups in total. The number of methoxy groups -OCH3 is 1. The van der Waals surface area contributed by atoms with Crippen LogP contribution in [-0.2, 0) is 18.9 Å². The van der Waals surface area contributed by atoms with Crippen LogP contribution in [0.1, 0.15) is 25.7 Å². The number of ether oxygens (including phenoxy) is 4. The molecule has 2 aliphatic heterocycles.